The highest BCUT2D eigenvalue weighted by Gasteiger charge is 2.14. The van der Waals surface area contributed by atoms with Gasteiger partial charge in [0.1, 0.15) is 17.3 Å². The Kier molecular flexibility index (Phi) is 3.63. The smallest absolute Gasteiger partial charge is 0.127 e. The summed E-state index contributed by atoms with van der Waals surface area (Å²) < 4.78 is 15.1. The molecule has 0 aliphatic rings. The van der Waals surface area contributed by atoms with Gasteiger partial charge in [0.15, 0.2) is 0 Å². The number of halogens is 1. The van der Waals surface area contributed by atoms with Crippen LogP contribution in [0.25, 0.3) is 22.4 Å². The summed E-state index contributed by atoms with van der Waals surface area (Å²) in [5.74, 6) is 0.559. The van der Waals surface area contributed by atoms with Crippen molar-refractivity contribution >= 4 is 0 Å². The van der Waals surface area contributed by atoms with Crippen LogP contribution in [0.1, 0.15) is 5.82 Å². The summed E-state index contributed by atoms with van der Waals surface area (Å²) in [7, 11) is 0. The first-order valence-electron chi connectivity index (χ1n) is 7.51. The molecule has 24 heavy (non-hydrogen) atoms. The minimum absolute atomic E-state index is 0.265. The predicted molar refractivity (Wildman–Crippen MR) is 88.5 cm³/mol. The van der Waals surface area contributed by atoms with Crippen molar-refractivity contribution in [2.45, 2.75) is 6.54 Å². The molecule has 4 rings (SSSR count). The van der Waals surface area contributed by atoms with E-state index in [2.05, 4.69) is 20.1 Å². The molecule has 0 aliphatic heterocycles. The lowest BCUT2D eigenvalue weighted by molar-refractivity contribution is 0.628. The van der Waals surface area contributed by atoms with Crippen LogP contribution >= 0.6 is 0 Å². The standard InChI is InChI=1S/C18H14FN5/c19-15-3-1-14(2-4-15)18-16(13-5-7-20-8-6-13)11-24(23-18)12-17-21-9-10-22-17/h1-11H,12H2,(H,21,22). The normalized spacial score (nSPS) is 10.9. The van der Waals surface area contributed by atoms with E-state index < -0.39 is 0 Å². The maximum atomic E-state index is 13.2. The van der Waals surface area contributed by atoms with Crippen molar-refractivity contribution in [2.24, 2.45) is 0 Å². The van der Waals surface area contributed by atoms with Gasteiger partial charge in [-0.3, -0.25) is 9.67 Å². The Balaban J connectivity index is 1.80. The molecule has 6 heteroatoms. The van der Waals surface area contributed by atoms with E-state index >= 15 is 0 Å². The van der Waals surface area contributed by atoms with E-state index in [1.54, 1.807) is 36.9 Å². The number of rotatable bonds is 4. The quantitative estimate of drug-likeness (QED) is 0.626. The second-order valence-electron chi connectivity index (χ2n) is 5.37. The third kappa shape index (κ3) is 2.81. The van der Waals surface area contributed by atoms with Crippen LogP contribution < -0.4 is 0 Å². The molecule has 0 atom stereocenters. The number of hydrogen-bond donors (Lipinski definition) is 1. The van der Waals surface area contributed by atoms with E-state index in [4.69, 9.17) is 0 Å². The number of nitrogens with zero attached hydrogens (tertiary/aromatic N) is 4. The van der Waals surface area contributed by atoms with Crippen LogP contribution in [-0.4, -0.2) is 24.7 Å². The van der Waals surface area contributed by atoms with Gasteiger partial charge < -0.3 is 4.98 Å². The third-order valence-electron chi connectivity index (χ3n) is 3.74. The van der Waals surface area contributed by atoms with Crippen molar-refractivity contribution in [2.75, 3.05) is 0 Å². The lowest BCUT2D eigenvalue weighted by atomic mass is 10.0. The molecule has 0 unspecified atom stereocenters. The molecular formula is C18H14FN5. The van der Waals surface area contributed by atoms with Gasteiger partial charge in [-0.25, -0.2) is 9.37 Å². The highest BCUT2D eigenvalue weighted by molar-refractivity contribution is 5.80. The Morgan fingerprint density at radius 3 is 2.46 bits per heavy atom. The van der Waals surface area contributed by atoms with Crippen molar-refractivity contribution in [1.29, 1.82) is 0 Å². The van der Waals surface area contributed by atoms with Gasteiger partial charge in [-0.2, -0.15) is 5.10 Å². The topological polar surface area (TPSA) is 59.4 Å². The summed E-state index contributed by atoms with van der Waals surface area (Å²) in [6.45, 7) is 0.534. The maximum absolute atomic E-state index is 13.2. The summed E-state index contributed by atoms with van der Waals surface area (Å²) in [4.78, 5) is 11.4. The largest absolute Gasteiger partial charge is 0.347 e. The SMILES string of the molecule is Fc1ccc(-c2nn(Cc3ncc[nH]3)cc2-c2ccncc2)cc1. The first kappa shape index (κ1) is 14.3. The van der Waals surface area contributed by atoms with E-state index in [9.17, 15) is 4.39 Å². The Morgan fingerprint density at radius 2 is 1.75 bits per heavy atom. The number of pyridine rings is 1. The number of hydrogen-bond acceptors (Lipinski definition) is 3. The highest BCUT2D eigenvalue weighted by Crippen LogP contribution is 2.30. The molecule has 118 valence electrons. The molecular weight excluding hydrogens is 305 g/mol. The number of imidazole rings is 1. The van der Waals surface area contributed by atoms with Gasteiger partial charge in [0.2, 0.25) is 0 Å². The lowest BCUT2D eigenvalue weighted by Crippen LogP contribution is -2.01. The van der Waals surface area contributed by atoms with Crippen molar-refractivity contribution in [3.8, 4) is 22.4 Å². The Bertz CT molecular complexity index is 927. The minimum Gasteiger partial charge on any atom is -0.347 e. The molecule has 0 spiro atoms. The maximum Gasteiger partial charge on any atom is 0.127 e. The van der Waals surface area contributed by atoms with Gasteiger partial charge in [-0.1, -0.05) is 0 Å². The zero-order chi connectivity index (χ0) is 16.4. The average molecular weight is 319 g/mol. The average Bonchev–Trinajstić information content (AvgIpc) is 3.27. The fraction of sp³-hybridized carbons (Fsp3) is 0.0556. The van der Waals surface area contributed by atoms with Crippen LogP contribution in [0.15, 0.2) is 67.4 Å². The van der Waals surface area contributed by atoms with E-state index in [0.29, 0.717) is 6.54 Å². The lowest BCUT2D eigenvalue weighted by Gasteiger charge is -2.02. The Hall–Kier alpha value is -3.28. The first-order valence-corrected chi connectivity index (χ1v) is 7.51. The highest BCUT2D eigenvalue weighted by atomic mass is 19.1. The molecule has 3 heterocycles. The molecule has 0 amide bonds. The summed E-state index contributed by atoms with van der Waals surface area (Å²) >= 11 is 0. The molecule has 0 bridgehead atoms. The minimum atomic E-state index is -0.265. The van der Waals surface area contributed by atoms with Gasteiger partial charge in [0.05, 0.1) is 6.54 Å². The summed E-state index contributed by atoms with van der Waals surface area (Å²) in [6.07, 6.45) is 8.95. The van der Waals surface area contributed by atoms with E-state index in [1.807, 2.05) is 23.0 Å². The second kappa shape index (κ2) is 6.08. The number of H-pyrrole nitrogens is 1. The molecule has 1 aromatic carbocycles. The summed E-state index contributed by atoms with van der Waals surface area (Å²) in [6, 6.07) is 10.2. The molecule has 0 saturated carbocycles. The van der Waals surface area contributed by atoms with E-state index in [0.717, 1.165) is 28.2 Å². The van der Waals surface area contributed by atoms with Gasteiger partial charge in [-0.05, 0) is 42.0 Å². The van der Waals surface area contributed by atoms with Gasteiger partial charge >= 0.3 is 0 Å². The van der Waals surface area contributed by atoms with Crippen molar-refractivity contribution in [1.82, 2.24) is 24.7 Å². The van der Waals surface area contributed by atoms with Gasteiger partial charge in [0, 0.05) is 42.1 Å². The van der Waals surface area contributed by atoms with Crippen molar-refractivity contribution < 1.29 is 4.39 Å². The summed E-state index contributed by atoms with van der Waals surface area (Å²) in [5.41, 5.74) is 3.64. The van der Waals surface area contributed by atoms with Crippen LogP contribution in [-0.2, 0) is 6.54 Å². The zero-order valence-corrected chi connectivity index (χ0v) is 12.7. The van der Waals surface area contributed by atoms with Crippen molar-refractivity contribution in [3.63, 3.8) is 0 Å². The van der Waals surface area contributed by atoms with Crippen LogP contribution in [0.3, 0.4) is 0 Å². The fourth-order valence-corrected chi connectivity index (χ4v) is 2.60. The molecule has 0 fully saturated rings. The number of aromatic nitrogens is 5. The number of benzene rings is 1. The number of aromatic amines is 1. The third-order valence-corrected chi connectivity index (χ3v) is 3.74. The van der Waals surface area contributed by atoms with Crippen molar-refractivity contribution in [3.05, 3.63) is 79.0 Å². The van der Waals surface area contributed by atoms with Crippen LogP contribution in [0.2, 0.25) is 0 Å². The first-order chi connectivity index (χ1) is 11.8. The monoisotopic (exact) mass is 319 g/mol. The molecule has 1 N–H and O–H groups in total. The Morgan fingerprint density at radius 1 is 0.958 bits per heavy atom. The van der Waals surface area contributed by atoms with Gasteiger partial charge in [0.25, 0.3) is 0 Å². The number of nitrogens with one attached hydrogen (secondary N) is 1. The molecule has 0 aliphatic carbocycles. The fourth-order valence-electron chi connectivity index (χ4n) is 2.60. The predicted octanol–water partition coefficient (Wildman–Crippen LogP) is 3.52. The van der Waals surface area contributed by atoms with E-state index in [1.165, 1.54) is 12.1 Å². The second-order valence-corrected chi connectivity index (χ2v) is 5.37. The van der Waals surface area contributed by atoms with Gasteiger partial charge in [-0.15, -0.1) is 0 Å². The molecule has 4 aromatic rings. The van der Waals surface area contributed by atoms with Crippen LogP contribution in [0.5, 0.6) is 0 Å². The van der Waals surface area contributed by atoms with E-state index in [-0.39, 0.29) is 5.82 Å². The molecule has 0 saturated heterocycles. The Labute approximate surface area is 137 Å². The molecule has 0 radical (unpaired) electrons. The molecule has 5 nitrogen and oxygen atoms in total. The molecule has 3 aromatic heterocycles. The van der Waals surface area contributed by atoms with Crippen LogP contribution in [0, 0.1) is 5.82 Å². The summed E-state index contributed by atoms with van der Waals surface area (Å²) in [5, 5.41) is 4.68. The van der Waals surface area contributed by atoms with Crippen LogP contribution in [0.4, 0.5) is 4.39 Å². The zero-order valence-electron chi connectivity index (χ0n) is 12.7.